The summed E-state index contributed by atoms with van der Waals surface area (Å²) in [5, 5.41) is 7.55. The second-order valence-corrected chi connectivity index (χ2v) is 6.04. The Kier molecular flexibility index (Phi) is 3.26. The summed E-state index contributed by atoms with van der Waals surface area (Å²) in [6, 6.07) is 9.77. The first-order chi connectivity index (χ1) is 11.6. The number of aromatic nitrogens is 5. The van der Waals surface area contributed by atoms with E-state index in [1.54, 1.807) is 0 Å². The zero-order valence-corrected chi connectivity index (χ0v) is 13.4. The first-order valence-corrected chi connectivity index (χ1v) is 7.74. The summed E-state index contributed by atoms with van der Waals surface area (Å²) >= 11 is 0. The zero-order chi connectivity index (χ0) is 16.7. The number of H-pyrrole nitrogens is 1. The number of anilines is 2. The molecule has 7 nitrogen and oxygen atoms in total. The quantitative estimate of drug-likeness (QED) is 0.499. The number of fused-ring (bicyclic) bond motifs is 1. The number of nitrogen functional groups attached to an aromatic ring is 2. The van der Waals surface area contributed by atoms with Crippen LogP contribution in [0.1, 0.15) is 16.7 Å². The molecule has 0 unspecified atom stereocenters. The van der Waals surface area contributed by atoms with Crippen LogP contribution in [0, 0.1) is 0 Å². The topological polar surface area (TPSA) is 103 Å². The van der Waals surface area contributed by atoms with E-state index in [1.165, 1.54) is 0 Å². The largest absolute Gasteiger partial charge is 0.399 e. The Labute approximate surface area is 138 Å². The van der Waals surface area contributed by atoms with Crippen LogP contribution < -0.4 is 11.5 Å². The molecule has 0 aliphatic rings. The zero-order valence-electron chi connectivity index (χ0n) is 13.4. The molecule has 24 heavy (non-hydrogen) atoms. The van der Waals surface area contributed by atoms with E-state index in [2.05, 4.69) is 21.4 Å². The van der Waals surface area contributed by atoms with Crippen LogP contribution in [-0.2, 0) is 20.0 Å². The van der Waals surface area contributed by atoms with E-state index >= 15 is 0 Å². The third-order valence-electron chi connectivity index (χ3n) is 4.08. The number of nitrogens with two attached hydrogens (primary N) is 2. The van der Waals surface area contributed by atoms with Crippen LogP contribution in [0.5, 0.6) is 0 Å². The molecule has 4 rings (SSSR count). The molecule has 1 aromatic carbocycles. The van der Waals surface area contributed by atoms with Crippen molar-refractivity contribution in [2.45, 2.75) is 13.0 Å². The first kappa shape index (κ1) is 14.4. The molecule has 4 aromatic rings. The minimum Gasteiger partial charge on any atom is -0.399 e. The minimum atomic E-state index is 0.525. The maximum Gasteiger partial charge on any atom is 0.172 e. The van der Waals surface area contributed by atoms with Gasteiger partial charge in [0.15, 0.2) is 5.65 Å². The standard InChI is InChI=1S/C17H19N7/c1-23-16-13(7-15(19)21-17(16)22-23)5-12-8-20-24(10-12)9-11-3-2-4-14(18)6-11/h2-4,6-8,10H,5,9,18H2,1H3,(H3,19,21,22). The third-order valence-corrected chi connectivity index (χ3v) is 4.08. The van der Waals surface area contributed by atoms with E-state index in [0.29, 0.717) is 12.4 Å². The van der Waals surface area contributed by atoms with Gasteiger partial charge in [0.2, 0.25) is 0 Å². The molecule has 3 aromatic heterocycles. The fourth-order valence-electron chi connectivity index (χ4n) is 3.04. The third kappa shape index (κ3) is 2.60. The van der Waals surface area contributed by atoms with E-state index in [1.807, 2.05) is 52.9 Å². The second-order valence-electron chi connectivity index (χ2n) is 6.04. The Morgan fingerprint density at radius 3 is 2.83 bits per heavy atom. The SMILES string of the molecule is Cn1[nH]c2nc(N)cc(Cc3cnn(Cc4cccc(N)c4)c3)c21. The van der Waals surface area contributed by atoms with Gasteiger partial charge in [-0.15, -0.1) is 0 Å². The summed E-state index contributed by atoms with van der Waals surface area (Å²) in [6.07, 6.45) is 4.71. The van der Waals surface area contributed by atoms with E-state index in [0.717, 1.165) is 40.0 Å². The number of hydrogen-bond donors (Lipinski definition) is 3. The predicted octanol–water partition coefficient (Wildman–Crippen LogP) is 1.90. The molecule has 0 aliphatic heterocycles. The normalized spacial score (nSPS) is 11.4. The van der Waals surface area contributed by atoms with E-state index in [9.17, 15) is 0 Å². The van der Waals surface area contributed by atoms with E-state index < -0.39 is 0 Å². The summed E-state index contributed by atoms with van der Waals surface area (Å²) in [6.45, 7) is 0.698. The van der Waals surface area contributed by atoms with Crippen LogP contribution >= 0.6 is 0 Å². The molecular formula is C17H19N7. The summed E-state index contributed by atoms with van der Waals surface area (Å²) in [5.41, 5.74) is 17.8. The molecule has 3 heterocycles. The predicted molar refractivity (Wildman–Crippen MR) is 94.5 cm³/mol. The highest BCUT2D eigenvalue weighted by atomic mass is 15.3. The lowest BCUT2D eigenvalue weighted by Gasteiger charge is -2.15. The van der Waals surface area contributed by atoms with Gasteiger partial charge < -0.3 is 11.5 Å². The first-order valence-electron chi connectivity index (χ1n) is 7.74. The van der Waals surface area contributed by atoms with Gasteiger partial charge in [0.05, 0.1) is 12.7 Å². The summed E-state index contributed by atoms with van der Waals surface area (Å²) in [7, 11) is 1.97. The number of pyridine rings is 1. The lowest BCUT2D eigenvalue weighted by atomic mass is 10.1. The molecule has 0 saturated carbocycles. The number of aryl methyl sites for hydroxylation is 1. The molecule has 0 atom stereocenters. The fraction of sp³-hybridized carbons (Fsp3) is 0.176. The Morgan fingerprint density at radius 1 is 1.17 bits per heavy atom. The lowest BCUT2D eigenvalue weighted by Crippen LogP contribution is -2.11. The number of hydrogen-bond acceptors (Lipinski definition) is 4. The molecule has 7 heteroatoms. The lowest BCUT2D eigenvalue weighted by molar-refractivity contribution is 0.686. The average molecular weight is 321 g/mol. The molecule has 0 amide bonds. The van der Waals surface area contributed by atoms with Gasteiger partial charge in [-0.3, -0.25) is 14.5 Å². The number of benzene rings is 1. The molecule has 0 fully saturated rings. The molecule has 0 spiro atoms. The Balaban J connectivity index is 1.57. The van der Waals surface area contributed by atoms with Crippen LogP contribution in [0.15, 0.2) is 42.7 Å². The molecular weight excluding hydrogens is 302 g/mol. The number of rotatable bonds is 4. The van der Waals surface area contributed by atoms with Gasteiger partial charge in [0.1, 0.15) is 11.3 Å². The van der Waals surface area contributed by atoms with Gasteiger partial charge in [-0.2, -0.15) is 5.10 Å². The number of nitrogens with one attached hydrogen (secondary N) is 1. The maximum atomic E-state index is 5.88. The van der Waals surface area contributed by atoms with Crippen molar-refractivity contribution in [2.24, 2.45) is 7.05 Å². The minimum absolute atomic E-state index is 0.525. The highest BCUT2D eigenvalue weighted by molar-refractivity contribution is 5.79. The second kappa shape index (κ2) is 5.45. The van der Waals surface area contributed by atoms with Crippen LogP contribution in [-0.4, -0.2) is 24.5 Å². The molecule has 0 aliphatic carbocycles. The van der Waals surface area contributed by atoms with Crippen molar-refractivity contribution in [3.63, 3.8) is 0 Å². The van der Waals surface area contributed by atoms with Crippen molar-refractivity contribution in [3.8, 4) is 0 Å². The Hall–Kier alpha value is -3.22. The van der Waals surface area contributed by atoms with Gasteiger partial charge in [-0.05, 0) is 34.9 Å². The number of nitrogens with zero attached hydrogens (tertiary/aromatic N) is 4. The van der Waals surface area contributed by atoms with Crippen molar-refractivity contribution in [3.05, 3.63) is 59.4 Å². The van der Waals surface area contributed by atoms with Gasteiger partial charge in [0, 0.05) is 25.4 Å². The van der Waals surface area contributed by atoms with Crippen LogP contribution in [0.4, 0.5) is 11.5 Å². The monoisotopic (exact) mass is 321 g/mol. The van der Waals surface area contributed by atoms with E-state index in [4.69, 9.17) is 11.5 Å². The molecule has 122 valence electrons. The number of aromatic amines is 1. The van der Waals surface area contributed by atoms with Gasteiger partial charge in [-0.25, -0.2) is 4.98 Å². The Morgan fingerprint density at radius 2 is 2.04 bits per heavy atom. The van der Waals surface area contributed by atoms with Gasteiger partial charge in [0.25, 0.3) is 0 Å². The fourth-order valence-corrected chi connectivity index (χ4v) is 3.04. The van der Waals surface area contributed by atoms with Crippen molar-refractivity contribution < 1.29 is 0 Å². The van der Waals surface area contributed by atoms with Crippen LogP contribution in [0.2, 0.25) is 0 Å². The van der Waals surface area contributed by atoms with Crippen LogP contribution in [0.3, 0.4) is 0 Å². The van der Waals surface area contributed by atoms with Gasteiger partial charge >= 0.3 is 0 Å². The summed E-state index contributed by atoms with van der Waals surface area (Å²) in [4.78, 5) is 4.27. The smallest absolute Gasteiger partial charge is 0.172 e. The van der Waals surface area contributed by atoms with Crippen molar-refractivity contribution in [2.75, 3.05) is 11.5 Å². The highest BCUT2D eigenvalue weighted by Crippen LogP contribution is 2.22. The molecule has 0 saturated heterocycles. The Bertz CT molecular complexity index is 1010. The van der Waals surface area contributed by atoms with E-state index in [-0.39, 0.29) is 0 Å². The highest BCUT2D eigenvalue weighted by Gasteiger charge is 2.12. The summed E-state index contributed by atoms with van der Waals surface area (Å²) in [5.74, 6) is 0.525. The maximum absolute atomic E-state index is 5.88. The van der Waals surface area contributed by atoms with Crippen molar-refractivity contribution in [1.29, 1.82) is 0 Å². The van der Waals surface area contributed by atoms with Gasteiger partial charge in [-0.1, -0.05) is 12.1 Å². The van der Waals surface area contributed by atoms with Crippen molar-refractivity contribution in [1.82, 2.24) is 24.5 Å². The van der Waals surface area contributed by atoms with Crippen molar-refractivity contribution >= 4 is 22.7 Å². The average Bonchev–Trinajstić information content (AvgIpc) is 2.93. The van der Waals surface area contributed by atoms with Crippen LogP contribution in [0.25, 0.3) is 11.2 Å². The molecule has 5 N–H and O–H groups in total. The summed E-state index contributed by atoms with van der Waals surface area (Å²) < 4.78 is 3.87. The molecule has 0 radical (unpaired) electrons. The molecule has 0 bridgehead atoms.